The van der Waals surface area contributed by atoms with Crippen LogP contribution in [0.3, 0.4) is 0 Å². The van der Waals surface area contributed by atoms with E-state index in [-0.39, 0.29) is 23.5 Å². The first-order chi connectivity index (χ1) is 12.6. The second kappa shape index (κ2) is 8.38. The maximum absolute atomic E-state index is 13.2. The first-order valence-corrected chi connectivity index (χ1v) is 9.42. The third-order valence-electron chi connectivity index (χ3n) is 5.38. The Morgan fingerprint density at radius 1 is 1.27 bits per heavy atom. The first kappa shape index (κ1) is 18.5. The second-order valence-electron chi connectivity index (χ2n) is 7.35. The maximum atomic E-state index is 13.2. The predicted molar refractivity (Wildman–Crippen MR) is 94.8 cm³/mol. The summed E-state index contributed by atoms with van der Waals surface area (Å²) in [4.78, 5) is 38.5. The topological polar surface area (TPSA) is 74.1 Å². The van der Waals surface area contributed by atoms with Gasteiger partial charge in [0.05, 0.1) is 12.2 Å². The van der Waals surface area contributed by atoms with Crippen molar-refractivity contribution < 1.29 is 18.8 Å². The number of hydrogen-bond acceptors (Lipinski definition) is 4. The Kier molecular flexibility index (Phi) is 5.96. The summed E-state index contributed by atoms with van der Waals surface area (Å²) < 4.78 is 5.20. The highest BCUT2D eigenvalue weighted by molar-refractivity contribution is 5.93. The highest BCUT2D eigenvalue weighted by atomic mass is 16.3. The average molecular weight is 361 g/mol. The molecule has 3 rings (SSSR count). The van der Waals surface area contributed by atoms with Crippen molar-refractivity contribution in [3.05, 3.63) is 24.2 Å². The zero-order chi connectivity index (χ0) is 18.5. The van der Waals surface area contributed by atoms with E-state index in [1.54, 1.807) is 24.2 Å². The first-order valence-electron chi connectivity index (χ1n) is 9.42. The van der Waals surface area contributed by atoms with Crippen molar-refractivity contribution in [2.75, 3.05) is 26.7 Å². The second-order valence-corrected chi connectivity index (χ2v) is 7.35. The lowest BCUT2D eigenvalue weighted by atomic mass is 9.92. The van der Waals surface area contributed by atoms with Crippen LogP contribution in [0.25, 0.3) is 0 Å². The summed E-state index contributed by atoms with van der Waals surface area (Å²) in [5.74, 6) is 0.133. The third-order valence-corrected chi connectivity index (χ3v) is 5.38. The van der Waals surface area contributed by atoms with Crippen LogP contribution in [0.2, 0.25) is 0 Å². The highest BCUT2D eigenvalue weighted by Gasteiger charge is 2.37. The van der Waals surface area contributed by atoms with Gasteiger partial charge in [0.1, 0.15) is 0 Å². The average Bonchev–Trinajstić information content (AvgIpc) is 3.41. The molecule has 1 aliphatic carbocycles. The van der Waals surface area contributed by atoms with E-state index in [1.165, 1.54) is 29.0 Å². The number of carbonyl (C=O) groups is 3. The van der Waals surface area contributed by atoms with Crippen LogP contribution >= 0.6 is 0 Å². The lowest BCUT2D eigenvalue weighted by molar-refractivity contribution is -0.146. The molecule has 3 amide bonds. The molecule has 0 N–H and O–H groups in total. The molecule has 0 aromatic carbocycles. The zero-order valence-corrected chi connectivity index (χ0v) is 15.3. The van der Waals surface area contributed by atoms with Gasteiger partial charge in [0, 0.05) is 26.7 Å². The lowest BCUT2D eigenvalue weighted by Gasteiger charge is -2.32. The van der Waals surface area contributed by atoms with E-state index in [0.29, 0.717) is 25.6 Å². The molecular formula is C19H27N3O4. The van der Waals surface area contributed by atoms with Gasteiger partial charge in [-0.1, -0.05) is 25.7 Å². The Morgan fingerprint density at radius 2 is 2.00 bits per heavy atom. The molecule has 1 aromatic rings. The molecule has 7 nitrogen and oxygen atoms in total. The Morgan fingerprint density at radius 3 is 2.65 bits per heavy atom. The number of hydrazine groups is 1. The van der Waals surface area contributed by atoms with E-state index in [1.807, 2.05) is 0 Å². The van der Waals surface area contributed by atoms with Crippen LogP contribution in [0.15, 0.2) is 22.8 Å². The van der Waals surface area contributed by atoms with Crippen LogP contribution in [-0.2, 0) is 9.59 Å². The molecule has 1 saturated carbocycles. The quantitative estimate of drug-likeness (QED) is 0.698. The summed E-state index contributed by atoms with van der Waals surface area (Å²) in [6, 6.07) is 3.27. The monoisotopic (exact) mass is 361 g/mol. The van der Waals surface area contributed by atoms with E-state index in [4.69, 9.17) is 4.42 Å². The largest absolute Gasteiger partial charge is 0.459 e. The summed E-state index contributed by atoms with van der Waals surface area (Å²) in [6.45, 7) is 1.42. The molecule has 1 saturated heterocycles. The van der Waals surface area contributed by atoms with Gasteiger partial charge in [0.15, 0.2) is 5.76 Å². The standard InChI is InChI=1S/C19H27N3O4/c1-20(14-23)13-16(12-15-6-2-3-7-15)18(24)21-9-5-10-22(21)19(25)17-8-4-11-26-17/h4,8,11,14-16H,2-3,5-7,9-10,12-13H2,1H3/t16-/m1/s1. The number of furan rings is 1. The van der Waals surface area contributed by atoms with Crippen molar-refractivity contribution in [2.45, 2.75) is 38.5 Å². The summed E-state index contributed by atoms with van der Waals surface area (Å²) in [7, 11) is 1.69. The van der Waals surface area contributed by atoms with Crippen LogP contribution in [0.4, 0.5) is 0 Å². The maximum Gasteiger partial charge on any atom is 0.308 e. The number of rotatable bonds is 7. The molecule has 2 fully saturated rings. The van der Waals surface area contributed by atoms with Crippen LogP contribution in [0.5, 0.6) is 0 Å². The normalized spacial score (nSPS) is 19.0. The van der Waals surface area contributed by atoms with E-state index >= 15 is 0 Å². The fraction of sp³-hybridized carbons (Fsp3) is 0.632. The van der Waals surface area contributed by atoms with Crippen molar-refractivity contribution in [2.24, 2.45) is 11.8 Å². The highest BCUT2D eigenvalue weighted by Crippen LogP contribution is 2.32. The summed E-state index contributed by atoms with van der Waals surface area (Å²) >= 11 is 0. The molecule has 1 aliphatic heterocycles. The van der Waals surface area contributed by atoms with E-state index in [2.05, 4.69) is 0 Å². The Balaban J connectivity index is 1.73. The van der Waals surface area contributed by atoms with Crippen molar-refractivity contribution >= 4 is 18.2 Å². The molecule has 0 spiro atoms. The van der Waals surface area contributed by atoms with Gasteiger partial charge in [-0.15, -0.1) is 0 Å². The molecule has 1 atom stereocenters. The summed E-state index contributed by atoms with van der Waals surface area (Å²) in [6.07, 6.45) is 8.44. The molecular weight excluding hydrogens is 334 g/mol. The van der Waals surface area contributed by atoms with Gasteiger partial charge in [-0.25, -0.2) is 5.01 Å². The molecule has 7 heteroatoms. The van der Waals surface area contributed by atoms with Gasteiger partial charge in [-0.05, 0) is 30.9 Å². The van der Waals surface area contributed by atoms with Crippen molar-refractivity contribution in [1.82, 2.24) is 14.9 Å². The molecule has 142 valence electrons. The fourth-order valence-corrected chi connectivity index (χ4v) is 4.08. The molecule has 0 radical (unpaired) electrons. The fourth-order valence-electron chi connectivity index (χ4n) is 4.08. The minimum atomic E-state index is -0.288. The van der Waals surface area contributed by atoms with Crippen LogP contribution < -0.4 is 0 Å². The van der Waals surface area contributed by atoms with Crippen LogP contribution in [0.1, 0.15) is 49.1 Å². The zero-order valence-electron chi connectivity index (χ0n) is 15.3. The Bertz CT molecular complexity index is 625. The van der Waals surface area contributed by atoms with Crippen molar-refractivity contribution in [1.29, 1.82) is 0 Å². The minimum absolute atomic E-state index is 0.0667. The Labute approximate surface area is 153 Å². The molecule has 2 heterocycles. The lowest BCUT2D eigenvalue weighted by Crippen LogP contribution is -2.49. The van der Waals surface area contributed by atoms with Crippen molar-refractivity contribution in [3.8, 4) is 0 Å². The number of nitrogens with zero attached hydrogens (tertiary/aromatic N) is 3. The molecule has 2 aliphatic rings. The van der Waals surface area contributed by atoms with E-state index in [9.17, 15) is 14.4 Å². The molecule has 0 unspecified atom stereocenters. The predicted octanol–water partition coefficient (Wildman–Crippen LogP) is 2.15. The summed E-state index contributed by atoms with van der Waals surface area (Å²) in [5.41, 5.74) is 0. The SMILES string of the molecule is CN(C=O)C[C@@H](CC1CCCC1)C(=O)N1CCCN1C(=O)c1ccco1. The molecule has 0 bridgehead atoms. The van der Waals surface area contributed by atoms with Gasteiger partial charge >= 0.3 is 5.91 Å². The van der Waals surface area contributed by atoms with E-state index in [0.717, 1.165) is 32.1 Å². The van der Waals surface area contributed by atoms with Gasteiger partial charge in [-0.2, -0.15) is 0 Å². The third kappa shape index (κ3) is 4.08. The van der Waals surface area contributed by atoms with E-state index < -0.39 is 0 Å². The molecule has 26 heavy (non-hydrogen) atoms. The van der Waals surface area contributed by atoms with Crippen molar-refractivity contribution in [3.63, 3.8) is 0 Å². The van der Waals surface area contributed by atoms with Gasteiger partial charge in [0.25, 0.3) is 0 Å². The minimum Gasteiger partial charge on any atom is -0.459 e. The number of hydrogen-bond donors (Lipinski definition) is 0. The Hall–Kier alpha value is -2.31. The number of carbonyl (C=O) groups excluding carboxylic acids is 3. The van der Waals surface area contributed by atoms with Crippen LogP contribution in [-0.4, -0.2) is 59.8 Å². The number of amides is 3. The summed E-state index contributed by atoms with van der Waals surface area (Å²) in [5, 5.41) is 3.05. The van der Waals surface area contributed by atoms with Crippen LogP contribution in [0, 0.1) is 11.8 Å². The van der Waals surface area contributed by atoms with Gasteiger partial charge in [0.2, 0.25) is 12.3 Å². The molecule has 1 aromatic heterocycles. The van der Waals surface area contributed by atoms with Gasteiger partial charge < -0.3 is 9.32 Å². The smallest absolute Gasteiger partial charge is 0.308 e. The van der Waals surface area contributed by atoms with Gasteiger partial charge in [-0.3, -0.25) is 19.4 Å².